The van der Waals surface area contributed by atoms with E-state index in [0.29, 0.717) is 22.5 Å². The van der Waals surface area contributed by atoms with Gasteiger partial charge in [-0.2, -0.15) is 0 Å². The van der Waals surface area contributed by atoms with E-state index < -0.39 is 9.85 Å². The topological polar surface area (TPSA) is 99.2 Å². The number of nitrogens with zero attached hydrogens (tertiary/aromatic N) is 3. The van der Waals surface area contributed by atoms with Gasteiger partial charge in [0.1, 0.15) is 0 Å². The van der Waals surface area contributed by atoms with Gasteiger partial charge in [0.2, 0.25) is 0 Å². The molecule has 31 heavy (non-hydrogen) atoms. The van der Waals surface area contributed by atoms with E-state index in [1.54, 1.807) is 24.3 Å². The van der Waals surface area contributed by atoms with Crippen molar-refractivity contribution >= 4 is 27.3 Å². The van der Waals surface area contributed by atoms with E-state index >= 15 is 0 Å². The van der Waals surface area contributed by atoms with Gasteiger partial charge in [0.25, 0.3) is 11.4 Å². The molecular weight excluding hydrogens is 462 g/mol. The molecule has 7 nitrogen and oxygen atoms in total. The van der Waals surface area contributed by atoms with Crippen molar-refractivity contribution in [3.63, 3.8) is 0 Å². The highest BCUT2D eigenvalue weighted by atomic mass is 79.9. The molecule has 0 radical (unpaired) electrons. The molecule has 0 saturated heterocycles. The lowest BCUT2D eigenvalue weighted by Crippen LogP contribution is -1.94. The van der Waals surface area contributed by atoms with Crippen molar-refractivity contribution in [3.8, 4) is 33.6 Å². The van der Waals surface area contributed by atoms with Crippen LogP contribution in [0, 0.1) is 20.2 Å². The first kappa shape index (κ1) is 20.4. The molecule has 0 bridgehead atoms. The highest BCUT2D eigenvalue weighted by Crippen LogP contribution is 2.32. The van der Waals surface area contributed by atoms with Gasteiger partial charge in [-0.15, -0.1) is 0 Å². The lowest BCUT2D eigenvalue weighted by atomic mass is 9.99. The van der Waals surface area contributed by atoms with Gasteiger partial charge in [-0.3, -0.25) is 20.2 Å². The van der Waals surface area contributed by atoms with E-state index in [1.165, 1.54) is 24.3 Å². The van der Waals surface area contributed by atoms with Crippen molar-refractivity contribution in [2.45, 2.75) is 0 Å². The van der Waals surface area contributed by atoms with E-state index in [2.05, 4.69) is 20.9 Å². The summed E-state index contributed by atoms with van der Waals surface area (Å²) in [6.07, 6.45) is 0. The Balaban J connectivity index is 1.92. The van der Waals surface area contributed by atoms with Crippen LogP contribution in [-0.2, 0) is 0 Å². The molecule has 152 valence electrons. The number of non-ortho nitro benzene ring substituents is 2. The zero-order valence-corrected chi connectivity index (χ0v) is 17.5. The molecular formula is C23H14BrN3O4. The molecule has 8 heteroatoms. The van der Waals surface area contributed by atoms with E-state index in [0.717, 1.165) is 15.6 Å². The average Bonchev–Trinajstić information content (AvgIpc) is 2.79. The summed E-state index contributed by atoms with van der Waals surface area (Å²) < 4.78 is 0.933. The largest absolute Gasteiger partial charge is 0.270 e. The van der Waals surface area contributed by atoms with Gasteiger partial charge in [0.15, 0.2) is 0 Å². The number of nitro benzene ring substituents is 2. The van der Waals surface area contributed by atoms with Gasteiger partial charge in [0, 0.05) is 39.9 Å². The van der Waals surface area contributed by atoms with Crippen LogP contribution in [0.2, 0.25) is 0 Å². The minimum Gasteiger partial charge on any atom is -0.258 e. The standard InChI is InChI=1S/C23H14BrN3O4/c24-19-9-7-15(8-10-19)18-13-22(16-3-1-5-20(11-16)26(28)29)25-23(14-18)17-4-2-6-21(12-17)27(30)31/h1-14H. The summed E-state index contributed by atoms with van der Waals surface area (Å²) >= 11 is 3.42. The number of rotatable bonds is 5. The van der Waals surface area contributed by atoms with Crippen LogP contribution in [0.4, 0.5) is 11.4 Å². The Morgan fingerprint density at radius 3 is 1.55 bits per heavy atom. The second kappa shape index (κ2) is 8.45. The van der Waals surface area contributed by atoms with Gasteiger partial charge >= 0.3 is 0 Å². The first-order valence-corrected chi connectivity index (χ1v) is 9.98. The molecule has 0 saturated carbocycles. The third-order valence-electron chi connectivity index (χ3n) is 4.71. The fourth-order valence-corrected chi connectivity index (χ4v) is 3.46. The third-order valence-corrected chi connectivity index (χ3v) is 5.24. The smallest absolute Gasteiger partial charge is 0.258 e. The molecule has 0 aliphatic rings. The molecule has 0 atom stereocenters. The fraction of sp³-hybridized carbons (Fsp3) is 0. The summed E-state index contributed by atoms with van der Waals surface area (Å²) in [6, 6.07) is 23.9. The van der Waals surface area contributed by atoms with E-state index in [9.17, 15) is 20.2 Å². The molecule has 0 N–H and O–H groups in total. The maximum atomic E-state index is 11.2. The van der Waals surface area contributed by atoms with Crippen LogP contribution in [0.1, 0.15) is 0 Å². The molecule has 0 unspecified atom stereocenters. The molecule has 1 heterocycles. The van der Waals surface area contributed by atoms with Crippen LogP contribution in [0.5, 0.6) is 0 Å². The zero-order chi connectivity index (χ0) is 22.0. The number of halogens is 1. The van der Waals surface area contributed by atoms with E-state index in [1.807, 2.05) is 36.4 Å². The van der Waals surface area contributed by atoms with E-state index in [4.69, 9.17) is 0 Å². The predicted molar refractivity (Wildman–Crippen MR) is 122 cm³/mol. The Labute approximate surface area is 185 Å². The average molecular weight is 476 g/mol. The molecule has 0 fully saturated rings. The highest BCUT2D eigenvalue weighted by molar-refractivity contribution is 9.10. The van der Waals surface area contributed by atoms with Crippen LogP contribution in [0.3, 0.4) is 0 Å². The van der Waals surface area contributed by atoms with Crippen LogP contribution in [-0.4, -0.2) is 14.8 Å². The quantitative estimate of drug-likeness (QED) is 0.237. The Hall–Kier alpha value is -3.91. The van der Waals surface area contributed by atoms with Crippen molar-refractivity contribution < 1.29 is 9.85 Å². The Kier molecular flexibility index (Phi) is 5.55. The van der Waals surface area contributed by atoms with Crippen LogP contribution in [0.15, 0.2) is 89.4 Å². The van der Waals surface area contributed by atoms with Crippen LogP contribution < -0.4 is 0 Å². The maximum absolute atomic E-state index is 11.2. The van der Waals surface area contributed by atoms with Crippen molar-refractivity contribution in [1.29, 1.82) is 0 Å². The number of benzene rings is 3. The minimum absolute atomic E-state index is 0.0368. The molecule has 0 spiro atoms. The Bertz CT molecular complexity index is 1230. The second-order valence-electron chi connectivity index (χ2n) is 6.75. The van der Waals surface area contributed by atoms with Gasteiger partial charge < -0.3 is 0 Å². The first-order chi connectivity index (χ1) is 14.9. The Morgan fingerprint density at radius 1 is 0.613 bits per heavy atom. The number of nitro groups is 2. The minimum atomic E-state index is -0.455. The van der Waals surface area contributed by atoms with Gasteiger partial charge in [-0.1, -0.05) is 52.3 Å². The zero-order valence-electron chi connectivity index (χ0n) is 15.9. The number of hydrogen-bond acceptors (Lipinski definition) is 5. The van der Waals surface area contributed by atoms with E-state index in [-0.39, 0.29) is 11.4 Å². The van der Waals surface area contributed by atoms with Gasteiger partial charge in [-0.25, -0.2) is 4.98 Å². The SMILES string of the molecule is O=[N+]([O-])c1cccc(-c2cc(-c3ccc(Br)cc3)cc(-c3cccc([N+](=O)[O-])c3)n2)c1. The van der Waals surface area contributed by atoms with Crippen LogP contribution in [0.25, 0.3) is 33.6 Å². The van der Waals surface area contributed by atoms with Crippen LogP contribution >= 0.6 is 15.9 Å². The summed E-state index contributed by atoms with van der Waals surface area (Å²) in [5.41, 5.74) is 3.92. The van der Waals surface area contributed by atoms with Gasteiger partial charge in [-0.05, 0) is 35.4 Å². The first-order valence-electron chi connectivity index (χ1n) is 9.18. The van der Waals surface area contributed by atoms with Crippen molar-refractivity contribution in [1.82, 2.24) is 4.98 Å². The highest BCUT2D eigenvalue weighted by Gasteiger charge is 2.14. The normalized spacial score (nSPS) is 10.6. The molecule has 3 aromatic carbocycles. The molecule has 1 aromatic heterocycles. The third kappa shape index (κ3) is 4.49. The molecule has 0 aliphatic carbocycles. The maximum Gasteiger partial charge on any atom is 0.270 e. The van der Waals surface area contributed by atoms with Crippen molar-refractivity contribution in [3.05, 3.63) is 110 Å². The predicted octanol–water partition coefficient (Wildman–Crippen LogP) is 6.66. The second-order valence-corrected chi connectivity index (χ2v) is 7.66. The fourth-order valence-electron chi connectivity index (χ4n) is 3.19. The molecule has 0 aliphatic heterocycles. The summed E-state index contributed by atoms with van der Waals surface area (Å²) in [5, 5.41) is 22.4. The summed E-state index contributed by atoms with van der Waals surface area (Å²) in [6.45, 7) is 0. The Morgan fingerprint density at radius 2 is 1.10 bits per heavy atom. The molecule has 4 rings (SSSR count). The van der Waals surface area contributed by atoms with Crippen molar-refractivity contribution in [2.75, 3.05) is 0 Å². The number of hydrogen-bond donors (Lipinski definition) is 0. The van der Waals surface area contributed by atoms with Gasteiger partial charge in [0.05, 0.1) is 21.2 Å². The molecule has 4 aromatic rings. The summed E-state index contributed by atoms with van der Waals surface area (Å²) in [4.78, 5) is 26.2. The lowest BCUT2D eigenvalue weighted by Gasteiger charge is -2.10. The monoisotopic (exact) mass is 475 g/mol. The number of aromatic nitrogens is 1. The molecule has 0 amide bonds. The summed E-state index contributed by atoms with van der Waals surface area (Å²) in [5.74, 6) is 0. The summed E-state index contributed by atoms with van der Waals surface area (Å²) in [7, 11) is 0. The number of pyridine rings is 1. The van der Waals surface area contributed by atoms with Crippen molar-refractivity contribution in [2.24, 2.45) is 0 Å². The lowest BCUT2D eigenvalue weighted by molar-refractivity contribution is -0.385.